The molecule has 0 unspecified atom stereocenters. The predicted molar refractivity (Wildman–Crippen MR) is 101 cm³/mol. The Balaban J connectivity index is 1.84. The molecule has 0 atom stereocenters. The van der Waals surface area contributed by atoms with Crippen molar-refractivity contribution < 1.29 is 5.11 Å². The number of rotatable bonds is 5. The van der Waals surface area contributed by atoms with Crippen LogP contribution in [0.3, 0.4) is 0 Å². The van der Waals surface area contributed by atoms with Gasteiger partial charge in [-0.1, -0.05) is 6.07 Å². The van der Waals surface area contributed by atoms with Crippen molar-refractivity contribution in [2.75, 3.05) is 20.2 Å². The second-order valence-corrected chi connectivity index (χ2v) is 7.55. The molecular formula is C20H22N2OS. The van der Waals surface area contributed by atoms with E-state index in [0.717, 1.165) is 17.8 Å². The summed E-state index contributed by atoms with van der Waals surface area (Å²) in [5, 5.41) is 12.5. The van der Waals surface area contributed by atoms with Crippen LogP contribution >= 0.6 is 11.3 Å². The smallest absolute Gasteiger partial charge is 0.0854 e. The van der Waals surface area contributed by atoms with Crippen molar-refractivity contribution in [1.29, 1.82) is 0 Å². The molecule has 0 aliphatic heterocycles. The largest absolute Gasteiger partial charge is 0.395 e. The van der Waals surface area contributed by atoms with Gasteiger partial charge < -0.3 is 5.11 Å². The highest BCUT2D eigenvalue weighted by Crippen LogP contribution is 2.32. The van der Waals surface area contributed by atoms with Gasteiger partial charge in [-0.25, -0.2) is 4.98 Å². The van der Waals surface area contributed by atoms with Crippen molar-refractivity contribution in [3.8, 4) is 10.6 Å². The minimum Gasteiger partial charge on any atom is -0.395 e. The van der Waals surface area contributed by atoms with Crippen molar-refractivity contribution in [2.24, 2.45) is 0 Å². The molecule has 0 bridgehead atoms. The average Bonchev–Trinajstić information content (AvgIpc) is 3.23. The fourth-order valence-corrected chi connectivity index (χ4v) is 4.33. The molecule has 3 nitrogen and oxygen atoms in total. The van der Waals surface area contributed by atoms with E-state index >= 15 is 0 Å². The monoisotopic (exact) mass is 338 g/mol. The first-order valence-electron chi connectivity index (χ1n) is 8.53. The molecule has 24 heavy (non-hydrogen) atoms. The normalized spacial score (nSPS) is 13.8. The fourth-order valence-electron chi connectivity index (χ4n) is 3.58. The molecule has 0 saturated carbocycles. The first-order valence-corrected chi connectivity index (χ1v) is 9.41. The lowest BCUT2D eigenvalue weighted by Crippen LogP contribution is -2.22. The number of hydrogen-bond donors (Lipinski definition) is 1. The Labute approximate surface area is 146 Å². The minimum absolute atomic E-state index is 0.180. The Bertz CT molecular complexity index is 858. The van der Waals surface area contributed by atoms with Crippen LogP contribution in [0.4, 0.5) is 0 Å². The maximum Gasteiger partial charge on any atom is 0.0854 e. The summed E-state index contributed by atoms with van der Waals surface area (Å²) in [5.74, 6) is 0. The summed E-state index contributed by atoms with van der Waals surface area (Å²) in [6.45, 7) is 1.65. The van der Waals surface area contributed by atoms with Crippen molar-refractivity contribution in [2.45, 2.75) is 25.8 Å². The van der Waals surface area contributed by atoms with E-state index in [1.54, 1.807) is 11.3 Å². The predicted octanol–water partition coefficient (Wildman–Crippen LogP) is 3.88. The highest BCUT2D eigenvalue weighted by molar-refractivity contribution is 7.13. The van der Waals surface area contributed by atoms with Crippen LogP contribution in [0.1, 0.15) is 23.1 Å². The maximum atomic E-state index is 9.19. The molecule has 3 aromatic rings. The second-order valence-electron chi connectivity index (χ2n) is 6.60. The Morgan fingerprint density at radius 3 is 2.79 bits per heavy atom. The molecule has 2 heterocycles. The van der Waals surface area contributed by atoms with Crippen LogP contribution in [0.15, 0.2) is 35.7 Å². The molecule has 4 heteroatoms. The van der Waals surface area contributed by atoms with Crippen molar-refractivity contribution in [3.63, 3.8) is 0 Å². The molecule has 2 aromatic heterocycles. The van der Waals surface area contributed by atoms with E-state index in [9.17, 15) is 5.11 Å². The van der Waals surface area contributed by atoms with Crippen LogP contribution in [-0.4, -0.2) is 35.2 Å². The second kappa shape index (κ2) is 6.63. The third-order valence-corrected chi connectivity index (χ3v) is 5.66. The number of pyridine rings is 1. The molecule has 0 radical (unpaired) electrons. The zero-order valence-electron chi connectivity index (χ0n) is 14.0. The first kappa shape index (κ1) is 15.8. The molecule has 1 N–H and O–H groups in total. The Kier molecular flexibility index (Phi) is 4.35. The summed E-state index contributed by atoms with van der Waals surface area (Å²) in [5.41, 5.74) is 6.38. The lowest BCUT2D eigenvalue weighted by atomic mass is 10.0. The SMILES string of the molecule is CN(CCO)Cc1cc2cc3c(cc2nc1-c1cccs1)CCC3. The van der Waals surface area contributed by atoms with E-state index < -0.39 is 0 Å². The van der Waals surface area contributed by atoms with Gasteiger partial charge in [0.1, 0.15) is 0 Å². The number of aliphatic hydroxyl groups excluding tert-OH is 1. The molecule has 0 spiro atoms. The average molecular weight is 338 g/mol. The standard InChI is InChI=1S/C20H22N2OS/c1-22(7-8-23)13-17-11-16-10-14-4-2-5-15(14)12-18(16)21-20(17)19-6-3-9-24-19/h3,6,9-12,23H,2,4-5,7-8,13H2,1H3. The van der Waals surface area contributed by atoms with E-state index in [1.165, 1.54) is 46.2 Å². The molecule has 124 valence electrons. The van der Waals surface area contributed by atoms with Crippen LogP contribution in [0, 0.1) is 0 Å². The fraction of sp³-hybridized carbons (Fsp3) is 0.350. The van der Waals surface area contributed by atoms with Gasteiger partial charge in [-0.2, -0.15) is 0 Å². The summed E-state index contributed by atoms with van der Waals surface area (Å²) in [4.78, 5) is 8.39. The zero-order chi connectivity index (χ0) is 16.5. The third-order valence-electron chi connectivity index (χ3n) is 4.78. The molecular weight excluding hydrogens is 316 g/mol. The van der Waals surface area contributed by atoms with E-state index in [0.29, 0.717) is 6.54 Å². The van der Waals surface area contributed by atoms with Crippen LogP contribution in [-0.2, 0) is 19.4 Å². The van der Waals surface area contributed by atoms with Gasteiger partial charge in [-0.15, -0.1) is 11.3 Å². The van der Waals surface area contributed by atoms with Crippen molar-refractivity contribution in [1.82, 2.24) is 9.88 Å². The van der Waals surface area contributed by atoms with Crippen LogP contribution in [0.5, 0.6) is 0 Å². The van der Waals surface area contributed by atoms with E-state index in [4.69, 9.17) is 4.98 Å². The quantitative estimate of drug-likeness (QED) is 0.767. The Morgan fingerprint density at radius 2 is 2.04 bits per heavy atom. The van der Waals surface area contributed by atoms with Gasteiger partial charge in [0.15, 0.2) is 0 Å². The van der Waals surface area contributed by atoms with Crippen LogP contribution < -0.4 is 0 Å². The Morgan fingerprint density at radius 1 is 1.21 bits per heavy atom. The van der Waals surface area contributed by atoms with E-state index in [-0.39, 0.29) is 6.61 Å². The molecule has 1 aliphatic carbocycles. The number of hydrogen-bond acceptors (Lipinski definition) is 4. The van der Waals surface area contributed by atoms with Crippen molar-refractivity contribution in [3.05, 3.63) is 52.4 Å². The summed E-state index contributed by atoms with van der Waals surface area (Å²) in [6.07, 6.45) is 3.63. The Hall–Kier alpha value is -1.75. The van der Waals surface area contributed by atoms with E-state index in [1.807, 2.05) is 7.05 Å². The molecule has 0 fully saturated rings. The zero-order valence-corrected chi connectivity index (χ0v) is 14.8. The minimum atomic E-state index is 0.180. The highest BCUT2D eigenvalue weighted by Gasteiger charge is 2.16. The summed E-state index contributed by atoms with van der Waals surface area (Å²) < 4.78 is 0. The summed E-state index contributed by atoms with van der Waals surface area (Å²) >= 11 is 1.73. The van der Waals surface area contributed by atoms with Gasteiger partial charge >= 0.3 is 0 Å². The maximum absolute atomic E-state index is 9.19. The first-order chi connectivity index (χ1) is 11.7. The number of aliphatic hydroxyl groups is 1. The number of nitrogens with zero attached hydrogens (tertiary/aromatic N) is 2. The van der Waals surface area contributed by atoms with Gasteiger partial charge in [-0.3, -0.25) is 4.90 Å². The number of aryl methyl sites for hydroxylation is 2. The third kappa shape index (κ3) is 2.97. The molecule has 0 saturated heterocycles. The topological polar surface area (TPSA) is 36.4 Å². The number of thiophene rings is 1. The van der Waals surface area contributed by atoms with E-state index in [2.05, 4.69) is 40.6 Å². The molecule has 4 rings (SSSR count). The van der Waals surface area contributed by atoms with Gasteiger partial charge in [0.05, 0.1) is 22.7 Å². The number of benzene rings is 1. The lowest BCUT2D eigenvalue weighted by Gasteiger charge is -2.18. The molecule has 1 aromatic carbocycles. The number of aromatic nitrogens is 1. The van der Waals surface area contributed by atoms with Gasteiger partial charge in [-0.05, 0) is 72.6 Å². The van der Waals surface area contributed by atoms with Gasteiger partial charge in [0, 0.05) is 18.5 Å². The lowest BCUT2D eigenvalue weighted by molar-refractivity contribution is 0.217. The molecule has 0 amide bonds. The number of likely N-dealkylation sites (N-methyl/N-ethyl adjacent to an activating group) is 1. The van der Waals surface area contributed by atoms with Crippen LogP contribution in [0.2, 0.25) is 0 Å². The highest BCUT2D eigenvalue weighted by atomic mass is 32.1. The summed E-state index contributed by atoms with van der Waals surface area (Å²) in [6, 6.07) is 11.1. The number of fused-ring (bicyclic) bond motifs is 2. The van der Waals surface area contributed by atoms with Gasteiger partial charge in [0.2, 0.25) is 0 Å². The molecule has 1 aliphatic rings. The van der Waals surface area contributed by atoms with Crippen LogP contribution in [0.25, 0.3) is 21.5 Å². The van der Waals surface area contributed by atoms with Crippen molar-refractivity contribution >= 4 is 22.2 Å². The van der Waals surface area contributed by atoms with Gasteiger partial charge in [0.25, 0.3) is 0 Å². The summed E-state index contributed by atoms with van der Waals surface area (Å²) in [7, 11) is 2.04.